The number of methoxy groups -OCH3 is 2. The van der Waals surface area contributed by atoms with E-state index in [0.717, 1.165) is 16.7 Å². The van der Waals surface area contributed by atoms with Crippen LogP contribution in [0.4, 0.5) is 0 Å². The van der Waals surface area contributed by atoms with E-state index < -0.39 is 16.1 Å². The maximum atomic E-state index is 12.9. The largest absolute Gasteiger partial charge is 0.497 e. The molecule has 3 aromatic rings. The Hall–Kier alpha value is -3.71. The van der Waals surface area contributed by atoms with E-state index >= 15 is 0 Å². The summed E-state index contributed by atoms with van der Waals surface area (Å²) in [4.78, 5) is 0.158. The summed E-state index contributed by atoms with van der Waals surface area (Å²) in [7, 11) is -0.624. The molecule has 0 bridgehead atoms. The Bertz CT molecular complexity index is 1210. The molecule has 0 heterocycles. The van der Waals surface area contributed by atoms with Gasteiger partial charge in [0.2, 0.25) is 10.0 Å². The van der Waals surface area contributed by atoms with E-state index in [4.69, 9.17) is 9.47 Å². The van der Waals surface area contributed by atoms with Gasteiger partial charge < -0.3 is 9.47 Å². The summed E-state index contributed by atoms with van der Waals surface area (Å²) >= 11 is 0. The molecule has 3 aromatic carbocycles. The molecule has 0 aromatic heterocycles. The Balaban J connectivity index is 1.90. The van der Waals surface area contributed by atoms with E-state index in [1.54, 1.807) is 87.0 Å². The molecule has 0 aliphatic rings. The van der Waals surface area contributed by atoms with Crippen molar-refractivity contribution >= 4 is 10.0 Å². The summed E-state index contributed by atoms with van der Waals surface area (Å²) in [5, 5.41) is 0. The molecule has 0 spiro atoms. The molecule has 0 unspecified atom stereocenters. The lowest BCUT2D eigenvalue weighted by atomic mass is 10.2. The third-order valence-electron chi connectivity index (χ3n) is 4.51. The van der Waals surface area contributed by atoms with E-state index in [1.807, 2.05) is 6.92 Å². The average Bonchev–Trinajstić information content (AvgIpc) is 2.81. The third kappa shape index (κ3) is 6.39. The van der Waals surface area contributed by atoms with Gasteiger partial charge in [0.05, 0.1) is 19.1 Å². The second kappa shape index (κ2) is 10.5. The number of benzene rings is 3. The molecule has 0 saturated carbocycles. The molecule has 0 aliphatic carbocycles. The van der Waals surface area contributed by atoms with Gasteiger partial charge in [0, 0.05) is 11.1 Å². The number of sulfonamides is 1. The van der Waals surface area contributed by atoms with E-state index in [1.165, 1.54) is 0 Å². The van der Waals surface area contributed by atoms with E-state index in [2.05, 4.69) is 28.4 Å². The molecule has 0 amide bonds. The lowest BCUT2D eigenvalue weighted by Gasteiger charge is -2.09. The minimum absolute atomic E-state index is 0.158. The van der Waals surface area contributed by atoms with Crippen LogP contribution in [0.3, 0.4) is 0 Å². The van der Waals surface area contributed by atoms with Crippen LogP contribution < -0.4 is 14.2 Å². The zero-order valence-corrected chi connectivity index (χ0v) is 18.9. The smallest absolute Gasteiger partial charge is 0.242 e. The van der Waals surface area contributed by atoms with Crippen molar-refractivity contribution in [2.75, 3.05) is 14.2 Å². The predicted octanol–water partition coefficient (Wildman–Crippen LogP) is 3.76. The fraction of sp³-hybridized carbons (Fsp3) is 0.154. The zero-order valence-electron chi connectivity index (χ0n) is 18.0. The van der Waals surface area contributed by atoms with E-state index in [0.29, 0.717) is 11.5 Å². The molecule has 162 valence electrons. The fourth-order valence-electron chi connectivity index (χ4n) is 2.70. The van der Waals surface area contributed by atoms with Crippen LogP contribution in [0.15, 0.2) is 77.7 Å². The summed E-state index contributed by atoms with van der Waals surface area (Å²) in [6, 6.07) is 20.1. The molecule has 0 radical (unpaired) electrons. The monoisotopic (exact) mass is 445 g/mol. The van der Waals surface area contributed by atoms with Gasteiger partial charge in [-0.1, -0.05) is 41.4 Å². The summed E-state index contributed by atoms with van der Waals surface area (Å²) < 4.78 is 38.6. The first-order chi connectivity index (χ1) is 15.4. The number of nitrogens with one attached hydrogen (secondary N) is 1. The topological polar surface area (TPSA) is 64.6 Å². The second-order valence-electron chi connectivity index (χ2n) is 6.86. The van der Waals surface area contributed by atoms with Crippen molar-refractivity contribution < 1.29 is 17.9 Å². The molecular weight excluding hydrogens is 422 g/mol. The highest BCUT2D eigenvalue weighted by Gasteiger charge is 2.17. The van der Waals surface area contributed by atoms with Gasteiger partial charge in [-0.15, -0.1) is 0 Å². The molecule has 0 saturated heterocycles. The van der Waals surface area contributed by atoms with Crippen molar-refractivity contribution in [1.82, 2.24) is 4.72 Å². The van der Waals surface area contributed by atoms with Crippen LogP contribution >= 0.6 is 0 Å². The highest BCUT2D eigenvalue weighted by Crippen LogP contribution is 2.13. The predicted molar refractivity (Wildman–Crippen MR) is 125 cm³/mol. The van der Waals surface area contributed by atoms with Gasteiger partial charge in [0.15, 0.2) is 0 Å². The van der Waals surface area contributed by atoms with Crippen LogP contribution in [-0.4, -0.2) is 28.7 Å². The SMILES string of the molecule is COc1ccc(C#CC(C#Cc2ccc(OC)cc2)NS(=O)(=O)c2ccc(C)cc2)cc1. The number of ether oxygens (including phenoxy) is 2. The Morgan fingerprint density at radius 2 is 1.16 bits per heavy atom. The molecule has 3 rings (SSSR count). The first-order valence-corrected chi connectivity index (χ1v) is 11.3. The molecule has 6 heteroatoms. The van der Waals surface area contributed by atoms with Gasteiger partial charge in [-0.3, -0.25) is 0 Å². The van der Waals surface area contributed by atoms with E-state index in [9.17, 15) is 8.42 Å². The molecule has 0 atom stereocenters. The van der Waals surface area contributed by atoms with Gasteiger partial charge >= 0.3 is 0 Å². The Labute approximate surface area is 189 Å². The lowest BCUT2D eigenvalue weighted by Crippen LogP contribution is -2.32. The third-order valence-corrected chi connectivity index (χ3v) is 5.94. The van der Waals surface area contributed by atoms with Crippen molar-refractivity contribution in [1.29, 1.82) is 0 Å². The summed E-state index contributed by atoms with van der Waals surface area (Å²) in [5.41, 5.74) is 2.41. The van der Waals surface area contributed by atoms with Crippen LogP contribution in [0.2, 0.25) is 0 Å². The number of rotatable bonds is 5. The van der Waals surface area contributed by atoms with Crippen molar-refractivity contribution in [3.8, 4) is 35.2 Å². The standard InChI is InChI=1S/C26H23NO4S/c1-20-4-18-26(19-5-20)32(28,29)27-23(12-6-21-8-14-24(30-2)15-9-21)13-7-22-10-16-25(31-3)17-11-22/h4-5,8-11,14-19,23,27H,1-3H3. The van der Waals surface area contributed by atoms with Crippen LogP contribution in [0.1, 0.15) is 16.7 Å². The number of aryl methyl sites for hydroxylation is 1. The van der Waals surface area contributed by atoms with Gasteiger partial charge in [-0.2, -0.15) is 4.72 Å². The molecule has 5 nitrogen and oxygen atoms in total. The quantitative estimate of drug-likeness (QED) is 0.608. The molecule has 0 fully saturated rings. The summed E-state index contributed by atoms with van der Waals surface area (Å²) in [5.74, 6) is 13.2. The molecule has 32 heavy (non-hydrogen) atoms. The van der Waals surface area contributed by atoms with Crippen LogP contribution in [0.5, 0.6) is 11.5 Å². The Kier molecular flexibility index (Phi) is 7.57. The van der Waals surface area contributed by atoms with Crippen molar-refractivity contribution in [2.24, 2.45) is 0 Å². The summed E-state index contributed by atoms with van der Waals surface area (Å²) in [6.07, 6.45) is 0. The highest BCUT2D eigenvalue weighted by atomic mass is 32.2. The van der Waals surface area contributed by atoms with Crippen LogP contribution in [-0.2, 0) is 10.0 Å². The van der Waals surface area contributed by atoms with Gasteiger partial charge in [-0.05, 0) is 67.6 Å². The Morgan fingerprint density at radius 1 is 0.719 bits per heavy atom. The lowest BCUT2D eigenvalue weighted by molar-refractivity contribution is 0.414. The van der Waals surface area contributed by atoms with Crippen molar-refractivity contribution in [2.45, 2.75) is 17.9 Å². The molecular formula is C26H23NO4S. The summed E-state index contributed by atoms with van der Waals surface area (Å²) in [6.45, 7) is 1.90. The minimum Gasteiger partial charge on any atom is -0.497 e. The van der Waals surface area contributed by atoms with Crippen LogP contribution in [0, 0.1) is 30.6 Å². The van der Waals surface area contributed by atoms with Gasteiger partial charge in [-0.25, -0.2) is 8.42 Å². The van der Waals surface area contributed by atoms with Gasteiger partial charge in [0.25, 0.3) is 0 Å². The first-order valence-electron chi connectivity index (χ1n) is 9.80. The second-order valence-corrected chi connectivity index (χ2v) is 8.58. The maximum absolute atomic E-state index is 12.9. The Morgan fingerprint density at radius 3 is 1.56 bits per heavy atom. The van der Waals surface area contributed by atoms with Gasteiger partial charge in [0.1, 0.15) is 17.5 Å². The molecule has 1 N–H and O–H groups in total. The number of hydrogen-bond acceptors (Lipinski definition) is 4. The highest BCUT2D eigenvalue weighted by molar-refractivity contribution is 7.89. The average molecular weight is 446 g/mol. The molecule has 0 aliphatic heterocycles. The first kappa shape index (κ1) is 23.0. The maximum Gasteiger partial charge on any atom is 0.242 e. The minimum atomic E-state index is -3.80. The van der Waals surface area contributed by atoms with E-state index in [-0.39, 0.29) is 4.90 Å². The van der Waals surface area contributed by atoms with Crippen molar-refractivity contribution in [3.63, 3.8) is 0 Å². The zero-order chi connectivity index (χ0) is 23.0. The van der Waals surface area contributed by atoms with Crippen LogP contribution in [0.25, 0.3) is 0 Å². The number of hydrogen-bond donors (Lipinski definition) is 1. The normalized spacial score (nSPS) is 10.5. The van der Waals surface area contributed by atoms with Crippen molar-refractivity contribution in [3.05, 3.63) is 89.5 Å². The fourth-order valence-corrected chi connectivity index (χ4v) is 3.75.